The van der Waals surface area contributed by atoms with Gasteiger partial charge in [0.2, 0.25) is 23.6 Å². The summed E-state index contributed by atoms with van der Waals surface area (Å²) in [4.78, 5) is 32.9. The van der Waals surface area contributed by atoms with Gasteiger partial charge >= 0.3 is 0 Å². The molecule has 4 rings (SSSR count). The van der Waals surface area contributed by atoms with Crippen LogP contribution in [0, 0.1) is 0 Å². The van der Waals surface area contributed by atoms with Crippen molar-refractivity contribution in [3.05, 3.63) is 41.6 Å². The molecular weight excluding hydrogens is 442 g/mol. The van der Waals surface area contributed by atoms with Crippen molar-refractivity contribution in [3.63, 3.8) is 0 Å². The number of hydrogen-bond donors (Lipinski definition) is 0. The number of para-hydroxylation sites is 1. The van der Waals surface area contributed by atoms with Gasteiger partial charge in [-0.15, -0.1) is 10.2 Å². The number of aromatic nitrogens is 2. The maximum absolute atomic E-state index is 13.5. The average Bonchev–Trinajstić information content (AvgIpc) is 3.33. The highest BCUT2D eigenvalue weighted by Gasteiger charge is 2.32. The molecule has 2 atom stereocenters. The van der Waals surface area contributed by atoms with Crippen LogP contribution in [0.3, 0.4) is 0 Å². The van der Waals surface area contributed by atoms with E-state index in [0.29, 0.717) is 62.8 Å². The molecule has 2 aliphatic heterocycles. The Morgan fingerprint density at radius 2 is 1.86 bits per heavy atom. The molecule has 0 radical (unpaired) electrons. The molecule has 8 nitrogen and oxygen atoms in total. The Balaban J connectivity index is 1.60. The van der Waals surface area contributed by atoms with E-state index in [2.05, 4.69) is 22.1 Å². The number of rotatable bonds is 5. The summed E-state index contributed by atoms with van der Waals surface area (Å²) >= 11 is 0. The van der Waals surface area contributed by atoms with Gasteiger partial charge in [-0.3, -0.25) is 14.5 Å². The molecular formula is C27H39N5O3. The van der Waals surface area contributed by atoms with Crippen LogP contribution in [-0.2, 0) is 22.6 Å². The summed E-state index contributed by atoms with van der Waals surface area (Å²) in [5, 5.41) is 8.22. The second-order valence-corrected chi connectivity index (χ2v) is 10.2. The summed E-state index contributed by atoms with van der Waals surface area (Å²) in [6.45, 7) is 7.80. The van der Waals surface area contributed by atoms with Gasteiger partial charge in [-0.05, 0) is 37.9 Å². The smallest absolute Gasteiger partial charge is 0.226 e. The van der Waals surface area contributed by atoms with Crippen molar-refractivity contribution in [2.24, 2.45) is 0 Å². The Labute approximate surface area is 208 Å². The third kappa shape index (κ3) is 5.92. The number of benzene rings is 1. The monoisotopic (exact) mass is 481 g/mol. The van der Waals surface area contributed by atoms with E-state index in [4.69, 9.17) is 4.42 Å². The molecule has 190 valence electrons. The van der Waals surface area contributed by atoms with Gasteiger partial charge in [-0.2, -0.15) is 0 Å². The summed E-state index contributed by atoms with van der Waals surface area (Å²) < 4.78 is 5.73. The van der Waals surface area contributed by atoms with E-state index in [1.807, 2.05) is 54.8 Å². The van der Waals surface area contributed by atoms with Crippen LogP contribution in [0.4, 0.5) is 5.69 Å². The van der Waals surface area contributed by atoms with Gasteiger partial charge in [0.05, 0.1) is 0 Å². The summed E-state index contributed by atoms with van der Waals surface area (Å²) in [6, 6.07) is 8.77. The van der Waals surface area contributed by atoms with Crippen LogP contribution < -0.4 is 4.90 Å². The van der Waals surface area contributed by atoms with E-state index in [-0.39, 0.29) is 17.7 Å². The molecule has 3 heterocycles. The molecule has 0 saturated carbocycles. The lowest BCUT2D eigenvalue weighted by atomic mass is 9.93. The zero-order chi connectivity index (χ0) is 24.9. The molecule has 0 spiro atoms. The first-order valence-corrected chi connectivity index (χ1v) is 13.1. The molecule has 2 unspecified atom stereocenters. The van der Waals surface area contributed by atoms with Crippen molar-refractivity contribution < 1.29 is 14.0 Å². The fraction of sp³-hybridized carbons (Fsp3) is 0.630. The maximum Gasteiger partial charge on any atom is 0.226 e. The number of amides is 2. The number of carbonyl (C=O) groups is 2. The molecule has 1 aromatic heterocycles. The van der Waals surface area contributed by atoms with Crippen molar-refractivity contribution in [3.8, 4) is 0 Å². The van der Waals surface area contributed by atoms with Crippen molar-refractivity contribution in [2.75, 3.05) is 25.0 Å². The second-order valence-electron chi connectivity index (χ2n) is 10.2. The molecule has 35 heavy (non-hydrogen) atoms. The number of anilines is 1. The van der Waals surface area contributed by atoms with Gasteiger partial charge in [0.15, 0.2) is 0 Å². The predicted molar refractivity (Wildman–Crippen MR) is 135 cm³/mol. The van der Waals surface area contributed by atoms with Gasteiger partial charge in [0, 0.05) is 62.6 Å². The summed E-state index contributed by atoms with van der Waals surface area (Å²) in [5.41, 5.74) is 1.94. The fourth-order valence-corrected chi connectivity index (χ4v) is 5.31. The topological polar surface area (TPSA) is 82.8 Å². The zero-order valence-electron chi connectivity index (χ0n) is 21.6. The highest BCUT2D eigenvalue weighted by molar-refractivity contribution is 5.94. The Bertz CT molecular complexity index is 1020. The Morgan fingerprint density at radius 1 is 1.09 bits per heavy atom. The maximum atomic E-state index is 13.5. The van der Waals surface area contributed by atoms with Crippen molar-refractivity contribution >= 4 is 17.5 Å². The van der Waals surface area contributed by atoms with Crippen LogP contribution in [0.5, 0.6) is 0 Å². The molecule has 0 N–H and O–H groups in total. The van der Waals surface area contributed by atoms with Crippen LogP contribution in [0.15, 0.2) is 28.7 Å². The number of piperidine rings is 1. The first-order chi connectivity index (χ1) is 16.9. The van der Waals surface area contributed by atoms with Gasteiger partial charge in [0.1, 0.15) is 0 Å². The largest absolute Gasteiger partial charge is 0.425 e. The third-order valence-corrected chi connectivity index (χ3v) is 7.47. The lowest BCUT2D eigenvalue weighted by Gasteiger charge is -2.42. The highest BCUT2D eigenvalue weighted by atomic mass is 16.4. The summed E-state index contributed by atoms with van der Waals surface area (Å²) in [6.07, 6.45) is 5.51. The molecule has 1 fully saturated rings. The van der Waals surface area contributed by atoms with Crippen molar-refractivity contribution in [1.82, 2.24) is 20.0 Å². The number of fused-ring (bicyclic) bond motifs is 3. The average molecular weight is 482 g/mol. The number of hydrogen-bond acceptors (Lipinski definition) is 6. The normalized spacial score (nSPS) is 21.5. The molecule has 2 amide bonds. The van der Waals surface area contributed by atoms with Crippen molar-refractivity contribution in [1.29, 1.82) is 0 Å². The predicted octanol–water partition coefficient (Wildman–Crippen LogP) is 4.15. The Morgan fingerprint density at radius 3 is 2.60 bits per heavy atom. The lowest BCUT2D eigenvalue weighted by Crippen LogP contribution is -2.50. The van der Waals surface area contributed by atoms with E-state index in [1.165, 1.54) is 0 Å². The Hall–Kier alpha value is -2.74. The highest BCUT2D eigenvalue weighted by Crippen LogP contribution is 2.30. The zero-order valence-corrected chi connectivity index (χ0v) is 21.6. The van der Waals surface area contributed by atoms with Gasteiger partial charge in [-0.25, -0.2) is 0 Å². The first kappa shape index (κ1) is 25.4. The van der Waals surface area contributed by atoms with Gasteiger partial charge < -0.3 is 14.2 Å². The van der Waals surface area contributed by atoms with Crippen LogP contribution >= 0.6 is 0 Å². The van der Waals surface area contributed by atoms with Gasteiger partial charge in [-0.1, -0.05) is 45.4 Å². The van der Waals surface area contributed by atoms with E-state index in [1.54, 1.807) is 0 Å². The molecule has 0 aliphatic carbocycles. The number of aryl methyl sites for hydroxylation is 1. The van der Waals surface area contributed by atoms with E-state index in [0.717, 1.165) is 36.9 Å². The van der Waals surface area contributed by atoms with Crippen LogP contribution in [-0.4, -0.2) is 64.0 Å². The fourth-order valence-electron chi connectivity index (χ4n) is 5.31. The molecule has 1 aromatic carbocycles. The van der Waals surface area contributed by atoms with E-state index >= 15 is 0 Å². The van der Waals surface area contributed by atoms with Crippen molar-refractivity contribution in [2.45, 2.75) is 90.3 Å². The van der Waals surface area contributed by atoms with E-state index in [9.17, 15) is 9.59 Å². The molecule has 2 bridgehead atoms. The Kier molecular flexibility index (Phi) is 8.21. The SMILES string of the molecule is CCC(=O)N1CCC2CCCC(CN(C(=O)CCc3nnc(C(C)C)o3)Cc3ccccc31)N2C. The minimum absolute atomic E-state index is 0.0761. The van der Waals surface area contributed by atoms with Crippen LogP contribution in [0.25, 0.3) is 0 Å². The lowest BCUT2D eigenvalue weighted by molar-refractivity contribution is -0.133. The van der Waals surface area contributed by atoms with E-state index < -0.39 is 0 Å². The van der Waals surface area contributed by atoms with Gasteiger partial charge in [0.25, 0.3) is 0 Å². The van der Waals surface area contributed by atoms with Crippen LogP contribution in [0.2, 0.25) is 0 Å². The molecule has 2 aliphatic rings. The summed E-state index contributed by atoms with van der Waals surface area (Å²) in [7, 11) is 2.18. The summed E-state index contributed by atoms with van der Waals surface area (Å²) in [5.74, 6) is 1.48. The minimum atomic E-state index is 0.0761. The minimum Gasteiger partial charge on any atom is -0.425 e. The standard InChI is InChI=1S/C27H39N5O3/c1-5-25(33)32-16-15-21-10-8-11-22(30(21)4)18-31(17-20-9-6-7-12-23(20)32)26(34)14-13-24-28-29-27(35-24)19(2)3/h6-7,9,12,19,21-22H,5,8,10-11,13-18H2,1-4H3. The molecule has 2 aromatic rings. The third-order valence-electron chi connectivity index (χ3n) is 7.47. The molecule has 1 saturated heterocycles. The van der Waals surface area contributed by atoms with Crippen LogP contribution in [0.1, 0.15) is 82.6 Å². The number of carbonyl (C=O) groups excluding carboxylic acids is 2. The quantitative estimate of drug-likeness (QED) is 0.638. The number of nitrogens with zero attached hydrogens (tertiary/aromatic N) is 5. The second kappa shape index (κ2) is 11.3. The molecule has 8 heteroatoms. The first-order valence-electron chi connectivity index (χ1n) is 13.1. The number of likely N-dealkylation sites (N-methyl/N-ethyl adjacent to an activating group) is 1.